The van der Waals surface area contributed by atoms with Gasteiger partial charge in [0.1, 0.15) is 5.70 Å². The van der Waals surface area contributed by atoms with E-state index in [0.29, 0.717) is 12.0 Å². The van der Waals surface area contributed by atoms with E-state index in [2.05, 4.69) is 34.5 Å². The van der Waals surface area contributed by atoms with Crippen LogP contribution in [0.2, 0.25) is 0 Å². The summed E-state index contributed by atoms with van der Waals surface area (Å²) < 4.78 is 0. The van der Waals surface area contributed by atoms with Gasteiger partial charge < -0.3 is 15.1 Å². The first-order valence-electron chi connectivity index (χ1n) is 11.6. The van der Waals surface area contributed by atoms with Crippen molar-refractivity contribution in [2.75, 3.05) is 14.1 Å². The fourth-order valence-corrected chi connectivity index (χ4v) is 4.79. The Labute approximate surface area is 195 Å². The third kappa shape index (κ3) is 4.21. The van der Waals surface area contributed by atoms with Gasteiger partial charge >= 0.3 is 0 Å². The number of benzene rings is 2. The number of carbonyl (C=O) groups is 1. The predicted molar refractivity (Wildman–Crippen MR) is 132 cm³/mol. The molecule has 1 aliphatic carbocycles. The Morgan fingerprint density at radius 3 is 2.18 bits per heavy atom. The van der Waals surface area contributed by atoms with Crippen LogP contribution < -0.4 is 5.32 Å². The molecular formula is C27H29N5O. The summed E-state index contributed by atoms with van der Waals surface area (Å²) in [6.45, 7) is 0. The van der Waals surface area contributed by atoms with E-state index in [4.69, 9.17) is 9.98 Å². The highest BCUT2D eigenvalue weighted by Gasteiger charge is 2.40. The number of carbonyl (C=O) groups excluding carboxylic acids is 1. The van der Waals surface area contributed by atoms with Crippen LogP contribution in [0, 0.1) is 0 Å². The van der Waals surface area contributed by atoms with Gasteiger partial charge in [-0.05, 0) is 18.9 Å². The van der Waals surface area contributed by atoms with Crippen molar-refractivity contribution in [1.82, 2.24) is 15.1 Å². The standard InChI is InChI=1S/C27H29N5O/c1-31(2)26(33)23-17-21-18-28-27(30-25(21)32(23)22-15-9-10-16-22)29-24(19-11-5-3-6-12-19)20-13-7-4-8-14-20/h3-8,11-14,17-18,22,25H,9-10,15-16H2,1-2H3,(H,28,30). The lowest BCUT2D eigenvalue weighted by atomic mass is 10.0. The van der Waals surface area contributed by atoms with Gasteiger partial charge in [-0.3, -0.25) is 4.79 Å². The monoisotopic (exact) mass is 439 g/mol. The molecule has 3 aliphatic rings. The van der Waals surface area contributed by atoms with Crippen molar-refractivity contribution in [3.8, 4) is 0 Å². The Balaban J connectivity index is 1.53. The van der Waals surface area contributed by atoms with Crippen LogP contribution in [0.1, 0.15) is 36.8 Å². The summed E-state index contributed by atoms with van der Waals surface area (Å²) in [4.78, 5) is 26.8. The number of nitrogens with zero attached hydrogens (tertiary/aromatic N) is 4. The average Bonchev–Trinajstić information content (AvgIpc) is 3.50. The molecule has 6 nitrogen and oxygen atoms in total. The van der Waals surface area contributed by atoms with E-state index in [0.717, 1.165) is 41.0 Å². The summed E-state index contributed by atoms with van der Waals surface area (Å²) in [5.41, 5.74) is 4.66. The van der Waals surface area contributed by atoms with Gasteiger partial charge in [-0.1, -0.05) is 73.5 Å². The van der Waals surface area contributed by atoms with Gasteiger partial charge in [-0.2, -0.15) is 0 Å². The molecule has 0 aromatic heterocycles. The topological polar surface area (TPSA) is 60.3 Å². The van der Waals surface area contributed by atoms with Crippen molar-refractivity contribution in [3.63, 3.8) is 0 Å². The SMILES string of the molecule is CN(C)C(=O)C1=CC2=CNC(N=C(c3ccccc3)c3ccccc3)=NC2N1C1CCCC1. The first kappa shape index (κ1) is 21.2. The van der Waals surface area contributed by atoms with Crippen molar-refractivity contribution in [2.24, 2.45) is 9.98 Å². The summed E-state index contributed by atoms with van der Waals surface area (Å²) in [6, 6.07) is 20.7. The second-order valence-corrected chi connectivity index (χ2v) is 8.88. The van der Waals surface area contributed by atoms with E-state index in [-0.39, 0.29) is 12.1 Å². The lowest BCUT2D eigenvalue weighted by molar-refractivity contribution is -0.126. The molecule has 0 spiro atoms. The molecule has 1 unspecified atom stereocenters. The fourth-order valence-electron chi connectivity index (χ4n) is 4.79. The normalized spacial score (nSPS) is 19.8. The average molecular weight is 440 g/mol. The molecule has 168 valence electrons. The molecule has 6 heteroatoms. The summed E-state index contributed by atoms with van der Waals surface area (Å²) in [5, 5.41) is 3.26. The Bertz CT molecular complexity index is 1100. The third-order valence-electron chi connectivity index (χ3n) is 6.41. The van der Waals surface area contributed by atoms with E-state index in [1.54, 1.807) is 19.0 Å². The van der Waals surface area contributed by atoms with Crippen molar-refractivity contribution < 1.29 is 4.79 Å². The second-order valence-electron chi connectivity index (χ2n) is 8.88. The van der Waals surface area contributed by atoms with Crippen molar-refractivity contribution in [1.29, 1.82) is 0 Å². The zero-order chi connectivity index (χ0) is 22.8. The lowest BCUT2D eigenvalue weighted by Crippen LogP contribution is -2.44. The number of fused-ring (bicyclic) bond motifs is 1. The Hall–Kier alpha value is -3.67. The zero-order valence-corrected chi connectivity index (χ0v) is 19.1. The van der Waals surface area contributed by atoms with Gasteiger partial charge in [0.2, 0.25) is 5.96 Å². The minimum absolute atomic E-state index is 0.0201. The van der Waals surface area contributed by atoms with E-state index in [1.165, 1.54) is 12.8 Å². The molecular weight excluding hydrogens is 410 g/mol. The molecule has 1 fully saturated rings. The number of hydrogen-bond acceptors (Lipinski definition) is 5. The number of guanidine groups is 1. The van der Waals surface area contributed by atoms with Gasteiger partial charge in [-0.25, -0.2) is 9.98 Å². The first-order valence-corrected chi connectivity index (χ1v) is 11.6. The van der Waals surface area contributed by atoms with Crippen molar-refractivity contribution in [3.05, 3.63) is 95.3 Å². The highest BCUT2D eigenvalue weighted by molar-refractivity contribution is 6.17. The maximum absolute atomic E-state index is 13.0. The van der Waals surface area contributed by atoms with Gasteiger partial charge in [0, 0.05) is 43.0 Å². The van der Waals surface area contributed by atoms with E-state index in [1.807, 2.05) is 48.7 Å². The Morgan fingerprint density at radius 2 is 1.61 bits per heavy atom. The third-order valence-corrected chi connectivity index (χ3v) is 6.41. The van der Waals surface area contributed by atoms with Crippen LogP contribution in [-0.2, 0) is 4.79 Å². The minimum Gasteiger partial charge on any atom is -0.344 e. The molecule has 0 radical (unpaired) electrons. The smallest absolute Gasteiger partial charge is 0.269 e. The molecule has 0 bridgehead atoms. The van der Waals surface area contributed by atoms with Crippen LogP contribution in [0.25, 0.3) is 0 Å². The Kier molecular flexibility index (Phi) is 5.82. The molecule has 33 heavy (non-hydrogen) atoms. The molecule has 2 aromatic rings. The van der Waals surface area contributed by atoms with Gasteiger partial charge in [0.25, 0.3) is 5.91 Å². The van der Waals surface area contributed by atoms with Crippen molar-refractivity contribution in [2.45, 2.75) is 37.9 Å². The van der Waals surface area contributed by atoms with E-state index >= 15 is 0 Å². The fraction of sp³-hybridized carbons (Fsp3) is 0.296. The highest BCUT2D eigenvalue weighted by atomic mass is 16.2. The maximum atomic E-state index is 13.0. The lowest BCUT2D eigenvalue weighted by Gasteiger charge is -2.34. The maximum Gasteiger partial charge on any atom is 0.269 e. The van der Waals surface area contributed by atoms with E-state index < -0.39 is 0 Å². The number of nitrogens with one attached hydrogen (secondary N) is 1. The van der Waals surface area contributed by atoms with Gasteiger partial charge in [0.15, 0.2) is 6.17 Å². The van der Waals surface area contributed by atoms with Gasteiger partial charge in [-0.15, -0.1) is 0 Å². The molecule has 0 saturated heterocycles. The number of hydrogen-bond donors (Lipinski definition) is 1. The molecule has 1 atom stereocenters. The van der Waals surface area contributed by atoms with Gasteiger partial charge in [0.05, 0.1) is 5.71 Å². The van der Waals surface area contributed by atoms with Crippen LogP contribution in [0.4, 0.5) is 0 Å². The minimum atomic E-state index is -0.222. The second kappa shape index (κ2) is 9.06. The largest absolute Gasteiger partial charge is 0.344 e. The molecule has 1 N–H and O–H groups in total. The van der Waals surface area contributed by atoms with E-state index in [9.17, 15) is 4.79 Å². The molecule has 1 saturated carbocycles. The van der Waals surface area contributed by atoms with Crippen LogP contribution in [0.5, 0.6) is 0 Å². The van der Waals surface area contributed by atoms with Crippen LogP contribution in [-0.4, -0.2) is 53.7 Å². The van der Waals surface area contributed by atoms with Crippen molar-refractivity contribution >= 4 is 17.6 Å². The predicted octanol–water partition coefficient (Wildman–Crippen LogP) is 3.92. The quantitative estimate of drug-likeness (QED) is 0.735. The highest BCUT2D eigenvalue weighted by Crippen LogP contribution is 2.37. The number of rotatable bonds is 4. The number of aliphatic imine (C=N–C) groups is 2. The van der Waals surface area contributed by atoms with Crippen LogP contribution in [0.15, 0.2) is 94.2 Å². The summed E-state index contributed by atoms with van der Waals surface area (Å²) in [7, 11) is 3.60. The number of amides is 1. The zero-order valence-electron chi connectivity index (χ0n) is 19.1. The Morgan fingerprint density at radius 1 is 1.00 bits per heavy atom. The molecule has 1 amide bonds. The van der Waals surface area contributed by atoms with Crippen LogP contribution in [0.3, 0.4) is 0 Å². The summed E-state index contributed by atoms with van der Waals surface area (Å²) in [6.07, 6.45) is 8.26. The summed E-state index contributed by atoms with van der Waals surface area (Å²) >= 11 is 0. The summed E-state index contributed by atoms with van der Waals surface area (Å²) in [5.74, 6) is 0.577. The molecule has 2 aromatic carbocycles. The first-order chi connectivity index (χ1) is 16.1. The molecule has 2 heterocycles. The molecule has 2 aliphatic heterocycles. The molecule has 5 rings (SSSR count). The number of likely N-dealkylation sites (N-methyl/N-ethyl adjacent to an activating group) is 1. The van der Waals surface area contributed by atoms with Crippen LogP contribution >= 0.6 is 0 Å².